The highest BCUT2D eigenvalue weighted by molar-refractivity contribution is 6.30. The van der Waals surface area contributed by atoms with Crippen molar-refractivity contribution in [2.24, 2.45) is 16.3 Å². The Hall–Kier alpha value is -4.70. The number of carbonyl (C=O) groups is 1. The van der Waals surface area contributed by atoms with E-state index >= 15 is 0 Å². The number of nitrogens with one attached hydrogen (secondary N) is 1. The molecule has 41 heavy (non-hydrogen) atoms. The lowest BCUT2D eigenvalue weighted by Gasteiger charge is -2.13. The Bertz CT molecular complexity index is 1950. The number of aromatic nitrogens is 1. The van der Waals surface area contributed by atoms with Crippen molar-refractivity contribution in [3.05, 3.63) is 135 Å². The van der Waals surface area contributed by atoms with Gasteiger partial charge in [0.25, 0.3) is 5.91 Å². The van der Waals surface area contributed by atoms with Gasteiger partial charge in [0, 0.05) is 11.0 Å². The Balaban J connectivity index is 1.14. The minimum atomic E-state index is -0.321. The maximum atomic E-state index is 13.3. The molecular weight excluding hydrogens is 504 g/mol. The van der Waals surface area contributed by atoms with Crippen LogP contribution in [0.15, 0.2) is 101 Å². The van der Waals surface area contributed by atoms with Gasteiger partial charge in [-0.05, 0) is 81.0 Å². The Labute approximate surface area is 239 Å². The molecule has 0 saturated heterocycles. The lowest BCUT2D eigenvalue weighted by molar-refractivity contribution is 0.101. The molecule has 8 rings (SSSR count). The standard InChI is InChI=1S/C37H30N2O2/c1-20-4-6-21-16-25-18-23(7-10-28(25)27(21)9-5-20)33-31-32(36(41)38-33)34(39-35(31)40)24-8-11-29-26(19-24)17-22-12-14-37(2,3)15-13-30(22)29/h4-15,18-20,38,41H,16-17H2,1-3H3. The Morgan fingerprint density at radius 3 is 2.24 bits per heavy atom. The minimum Gasteiger partial charge on any atom is -0.494 e. The summed E-state index contributed by atoms with van der Waals surface area (Å²) >= 11 is 0. The van der Waals surface area contributed by atoms with Crippen LogP contribution in [0, 0.1) is 11.3 Å². The predicted molar refractivity (Wildman–Crippen MR) is 165 cm³/mol. The van der Waals surface area contributed by atoms with E-state index in [2.05, 4.69) is 104 Å². The van der Waals surface area contributed by atoms with Crippen LogP contribution in [0.25, 0.3) is 22.4 Å². The molecule has 1 atom stereocenters. The lowest BCUT2D eigenvalue weighted by Crippen LogP contribution is -2.02. The number of hydrogen-bond acceptors (Lipinski definition) is 2. The van der Waals surface area contributed by atoms with Gasteiger partial charge in [-0.15, -0.1) is 0 Å². The number of nitrogens with zero attached hydrogens (tertiary/aromatic N) is 1. The van der Waals surface area contributed by atoms with Gasteiger partial charge in [0.1, 0.15) is 0 Å². The van der Waals surface area contributed by atoms with E-state index in [1.807, 2.05) is 12.1 Å². The van der Waals surface area contributed by atoms with Gasteiger partial charge in [0.05, 0.1) is 22.5 Å². The smallest absolute Gasteiger partial charge is 0.280 e. The average molecular weight is 535 g/mol. The van der Waals surface area contributed by atoms with Crippen molar-refractivity contribution >= 4 is 22.8 Å². The zero-order chi connectivity index (χ0) is 28.0. The highest BCUT2D eigenvalue weighted by atomic mass is 16.3. The van der Waals surface area contributed by atoms with Crippen molar-refractivity contribution in [1.29, 1.82) is 0 Å². The normalized spacial score (nSPS) is 21.0. The van der Waals surface area contributed by atoms with Crippen LogP contribution in [0.5, 0.6) is 5.88 Å². The third-order valence-electron chi connectivity index (χ3n) is 9.01. The molecule has 4 nitrogen and oxygen atoms in total. The van der Waals surface area contributed by atoms with Crippen LogP contribution in [0.4, 0.5) is 0 Å². The highest BCUT2D eigenvalue weighted by Crippen LogP contribution is 2.43. The van der Waals surface area contributed by atoms with Gasteiger partial charge < -0.3 is 10.1 Å². The molecule has 1 amide bonds. The maximum absolute atomic E-state index is 13.3. The fourth-order valence-electron chi connectivity index (χ4n) is 6.77. The summed E-state index contributed by atoms with van der Waals surface area (Å²) in [7, 11) is 0. The summed E-state index contributed by atoms with van der Waals surface area (Å²) in [5, 5.41) is 11.1. The van der Waals surface area contributed by atoms with Crippen molar-refractivity contribution in [2.75, 3.05) is 0 Å². The second-order valence-electron chi connectivity index (χ2n) is 12.4. The van der Waals surface area contributed by atoms with E-state index < -0.39 is 0 Å². The Kier molecular flexibility index (Phi) is 4.94. The number of hydrogen-bond donors (Lipinski definition) is 2. The molecular formula is C37H30N2O2. The number of rotatable bonds is 2. The zero-order valence-corrected chi connectivity index (χ0v) is 23.4. The fourth-order valence-corrected chi connectivity index (χ4v) is 6.77. The van der Waals surface area contributed by atoms with Crippen LogP contribution in [0.3, 0.4) is 0 Å². The van der Waals surface area contributed by atoms with Gasteiger partial charge in [-0.3, -0.25) is 4.79 Å². The first-order chi connectivity index (χ1) is 19.8. The molecule has 0 spiro atoms. The largest absolute Gasteiger partial charge is 0.494 e. The van der Waals surface area contributed by atoms with Gasteiger partial charge >= 0.3 is 0 Å². The average Bonchev–Trinajstić information content (AvgIpc) is 3.63. The minimum absolute atomic E-state index is 0.0173. The number of aromatic amines is 1. The quantitative estimate of drug-likeness (QED) is 0.351. The summed E-state index contributed by atoms with van der Waals surface area (Å²) in [6.45, 7) is 6.61. The van der Waals surface area contributed by atoms with E-state index in [-0.39, 0.29) is 17.2 Å². The topological polar surface area (TPSA) is 65.4 Å². The predicted octanol–water partition coefficient (Wildman–Crippen LogP) is 7.91. The summed E-state index contributed by atoms with van der Waals surface area (Å²) in [4.78, 5) is 20.9. The molecule has 2 aromatic carbocycles. The number of aliphatic imine (C=N–C) groups is 1. The van der Waals surface area contributed by atoms with Crippen LogP contribution in [0.2, 0.25) is 0 Å². The summed E-state index contributed by atoms with van der Waals surface area (Å²) in [5.74, 6) is 0.0839. The molecule has 5 aliphatic rings. The molecule has 200 valence electrons. The van der Waals surface area contributed by atoms with E-state index in [0.29, 0.717) is 28.5 Å². The molecule has 2 heterocycles. The van der Waals surface area contributed by atoms with Gasteiger partial charge in [-0.1, -0.05) is 93.6 Å². The summed E-state index contributed by atoms with van der Waals surface area (Å²) in [5.41, 5.74) is 13.9. The van der Waals surface area contributed by atoms with Gasteiger partial charge in [0.15, 0.2) is 5.88 Å². The van der Waals surface area contributed by atoms with Gasteiger partial charge in [0.2, 0.25) is 0 Å². The highest BCUT2D eigenvalue weighted by Gasteiger charge is 2.35. The van der Waals surface area contributed by atoms with Crippen molar-refractivity contribution < 1.29 is 9.90 Å². The first-order valence-corrected chi connectivity index (χ1v) is 14.3. The molecule has 0 bridgehead atoms. The molecule has 4 aliphatic carbocycles. The molecule has 1 unspecified atom stereocenters. The number of allylic oxidation sites excluding steroid dienone is 12. The van der Waals surface area contributed by atoms with Gasteiger partial charge in [-0.25, -0.2) is 4.99 Å². The molecule has 0 fully saturated rings. The van der Waals surface area contributed by atoms with Crippen molar-refractivity contribution in [3.63, 3.8) is 0 Å². The molecule has 1 aromatic heterocycles. The Morgan fingerprint density at radius 2 is 1.46 bits per heavy atom. The molecule has 4 heteroatoms. The second-order valence-corrected chi connectivity index (χ2v) is 12.4. The van der Waals surface area contributed by atoms with Crippen LogP contribution in [-0.4, -0.2) is 21.7 Å². The van der Waals surface area contributed by atoms with E-state index in [9.17, 15) is 9.90 Å². The number of benzene rings is 2. The molecule has 2 N–H and O–H groups in total. The zero-order valence-electron chi connectivity index (χ0n) is 23.4. The van der Waals surface area contributed by atoms with Crippen molar-refractivity contribution in [1.82, 2.24) is 4.98 Å². The van der Waals surface area contributed by atoms with Crippen LogP contribution in [0.1, 0.15) is 64.5 Å². The van der Waals surface area contributed by atoms with Gasteiger partial charge in [-0.2, -0.15) is 0 Å². The number of fused-ring (bicyclic) bond motifs is 5. The van der Waals surface area contributed by atoms with Crippen molar-refractivity contribution in [2.45, 2.75) is 33.6 Å². The van der Waals surface area contributed by atoms with Crippen molar-refractivity contribution in [3.8, 4) is 17.1 Å². The second kappa shape index (κ2) is 8.40. The Morgan fingerprint density at radius 1 is 0.829 bits per heavy atom. The molecule has 1 aliphatic heterocycles. The summed E-state index contributed by atoms with van der Waals surface area (Å²) < 4.78 is 0. The maximum Gasteiger partial charge on any atom is 0.280 e. The third kappa shape index (κ3) is 3.67. The molecule has 0 radical (unpaired) electrons. The first-order valence-electron chi connectivity index (χ1n) is 14.3. The number of aromatic hydroxyl groups is 1. The van der Waals surface area contributed by atoms with E-state index in [0.717, 1.165) is 24.0 Å². The summed E-state index contributed by atoms with van der Waals surface area (Å²) in [6, 6.07) is 12.6. The van der Waals surface area contributed by atoms with E-state index in [1.54, 1.807) is 0 Å². The number of H-pyrrole nitrogens is 1. The van der Waals surface area contributed by atoms with E-state index in [4.69, 9.17) is 0 Å². The fraction of sp³-hybridized carbons (Fsp3) is 0.189. The van der Waals surface area contributed by atoms with Crippen LogP contribution < -0.4 is 0 Å². The molecule has 3 aromatic rings. The van der Waals surface area contributed by atoms with Crippen LogP contribution in [-0.2, 0) is 12.8 Å². The SMILES string of the molecule is CC1C=CC2=C(C=C1)c1ccc(-c3[nH]c(O)c4c3C(=O)N=C4c3ccc4c(c3)CC3=C4C=CC(C)(C)C=C3)cc1C2. The summed E-state index contributed by atoms with van der Waals surface area (Å²) in [6.07, 6.45) is 19.6. The van der Waals surface area contributed by atoms with Crippen LogP contribution >= 0.6 is 0 Å². The molecule has 0 saturated carbocycles. The number of carbonyl (C=O) groups excluding carboxylic acids is 1. The lowest BCUT2D eigenvalue weighted by atomic mass is 9.91. The number of amides is 1. The first kappa shape index (κ1) is 24.1. The monoisotopic (exact) mass is 534 g/mol. The van der Waals surface area contributed by atoms with E-state index in [1.165, 1.54) is 44.5 Å². The third-order valence-corrected chi connectivity index (χ3v) is 9.01.